The molecule has 1 amide bonds. The van der Waals surface area contributed by atoms with Crippen molar-refractivity contribution in [1.82, 2.24) is 4.90 Å². The number of rotatable bonds is 15. The lowest BCUT2D eigenvalue weighted by Crippen LogP contribution is -2.38. The lowest BCUT2D eigenvalue weighted by molar-refractivity contribution is -0.275. The van der Waals surface area contributed by atoms with Gasteiger partial charge in [0.25, 0.3) is 0 Å². The molecule has 3 rings (SSSR count). The van der Waals surface area contributed by atoms with Crippen LogP contribution in [0.25, 0.3) is 0 Å². The number of hydrogen-bond acceptors (Lipinski definition) is 6. The molecule has 226 valence electrons. The topological polar surface area (TPSA) is 94.5 Å². The van der Waals surface area contributed by atoms with Gasteiger partial charge in [0.05, 0.1) is 6.54 Å². The van der Waals surface area contributed by atoms with Crippen LogP contribution in [0.4, 0.5) is 18.0 Å². The number of alkyl halides is 3. The highest BCUT2D eigenvalue weighted by Crippen LogP contribution is 2.32. The maximum atomic E-state index is 13.1. The summed E-state index contributed by atoms with van der Waals surface area (Å²) >= 11 is 0. The number of para-hydroxylation sites is 2. The van der Waals surface area contributed by atoms with Crippen LogP contribution >= 0.6 is 0 Å². The molecule has 0 aliphatic heterocycles. The smallest absolute Gasteiger partial charge is 0.492 e. The van der Waals surface area contributed by atoms with Gasteiger partial charge in [0.2, 0.25) is 0 Å². The second-order valence-corrected chi connectivity index (χ2v) is 9.97. The molecular formula is C30H38F3NO7. The van der Waals surface area contributed by atoms with Gasteiger partial charge in [-0.1, -0.05) is 56.4 Å². The van der Waals surface area contributed by atoms with Crippen LogP contribution in [0, 0.1) is 5.92 Å². The third kappa shape index (κ3) is 11.5. The van der Waals surface area contributed by atoms with E-state index in [9.17, 15) is 27.9 Å². The van der Waals surface area contributed by atoms with E-state index in [1.165, 1.54) is 55.2 Å². The van der Waals surface area contributed by atoms with Crippen LogP contribution in [0.5, 0.6) is 17.2 Å². The summed E-state index contributed by atoms with van der Waals surface area (Å²) in [6.07, 6.45) is 1.26. The van der Waals surface area contributed by atoms with E-state index in [0.717, 1.165) is 24.5 Å². The van der Waals surface area contributed by atoms with Crippen LogP contribution in [-0.4, -0.2) is 60.8 Å². The number of carboxylic acid groups (broad SMARTS) is 1. The second kappa shape index (κ2) is 16.1. The van der Waals surface area contributed by atoms with Crippen molar-refractivity contribution < 1.29 is 46.8 Å². The van der Waals surface area contributed by atoms with Crippen LogP contribution in [-0.2, 0) is 16.0 Å². The predicted molar refractivity (Wildman–Crippen MR) is 145 cm³/mol. The SMILES string of the molecule is CCOC(Cc1ccc(OCCN(CCCC2CCCCC2)C(=O)Oc2ccccc2OC(F)(F)F)cc1)C(=O)O. The fourth-order valence-corrected chi connectivity index (χ4v) is 4.87. The third-order valence-corrected chi connectivity index (χ3v) is 6.91. The summed E-state index contributed by atoms with van der Waals surface area (Å²) in [6.45, 7) is 2.66. The number of benzene rings is 2. The quantitative estimate of drug-likeness (QED) is 0.246. The predicted octanol–water partition coefficient (Wildman–Crippen LogP) is 6.86. The average molecular weight is 582 g/mol. The zero-order chi connectivity index (χ0) is 29.7. The number of carbonyl (C=O) groups excluding carboxylic acids is 1. The van der Waals surface area contributed by atoms with Crippen molar-refractivity contribution in [1.29, 1.82) is 0 Å². The van der Waals surface area contributed by atoms with E-state index in [1.54, 1.807) is 31.2 Å². The van der Waals surface area contributed by atoms with Gasteiger partial charge >= 0.3 is 18.4 Å². The van der Waals surface area contributed by atoms with Gasteiger partial charge in [-0.05, 0) is 55.5 Å². The minimum atomic E-state index is -4.93. The molecule has 1 unspecified atom stereocenters. The number of carboxylic acids is 1. The first-order valence-electron chi connectivity index (χ1n) is 14.0. The standard InChI is InChI=1S/C30H38F3NO7/c1-2-38-27(28(35)36)21-23-14-16-24(17-15-23)39-20-19-34(18-8-11-22-9-4-3-5-10-22)29(37)40-25-12-6-7-13-26(25)41-30(31,32)33/h6-7,12-17,22,27H,2-5,8-11,18-21H2,1H3,(H,35,36). The molecule has 11 heteroatoms. The number of carbonyl (C=O) groups is 2. The zero-order valence-electron chi connectivity index (χ0n) is 23.2. The zero-order valence-corrected chi connectivity index (χ0v) is 23.2. The maximum absolute atomic E-state index is 13.1. The van der Waals surface area contributed by atoms with Crippen LogP contribution in [0.3, 0.4) is 0 Å². The summed E-state index contributed by atoms with van der Waals surface area (Å²) < 4.78 is 58.9. The normalized spacial score (nSPS) is 14.7. The van der Waals surface area contributed by atoms with Crippen LogP contribution < -0.4 is 14.2 Å². The van der Waals surface area contributed by atoms with Gasteiger partial charge in [-0.25, -0.2) is 9.59 Å². The number of amides is 1. The molecule has 0 heterocycles. The minimum Gasteiger partial charge on any atom is -0.492 e. The summed E-state index contributed by atoms with van der Waals surface area (Å²) in [4.78, 5) is 25.8. The first-order valence-corrected chi connectivity index (χ1v) is 14.0. The van der Waals surface area contributed by atoms with Gasteiger partial charge in [-0.3, -0.25) is 0 Å². The first-order chi connectivity index (χ1) is 19.6. The summed E-state index contributed by atoms with van der Waals surface area (Å²) in [6, 6.07) is 12.1. The van der Waals surface area contributed by atoms with Gasteiger partial charge in [0.15, 0.2) is 17.6 Å². The molecule has 0 aromatic heterocycles. The van der Waals surface area contributed by atoms with Crippen molar-refractivity contribution in [2.45, 2.75) is 70.8 Å². The van der Waals surface area contributed by atoms with Crippen LogP contribution in [0.1, 0.15) is 57.4 Å². The molecule has 1 saturated carbocycles. The van der Waals surface area contributed by atoms with Crippen molar-refractivity contribution in [2.75, 3.05) is 26.3 Å². The van der Waals surface area contributed by atoms with E-state index in [4.69, 9.17) is 14.2 Å². The summed E-state index contributed by atoms with van der Waals surface area (Å²) in [5.41, 5.74) is 0.769. The van der Waals surface area contributed by atoms with E-state index in [0.29, 0.717) is 24.8 Å². The Labute approximate surface area is 238 Å². The van der Waals surface area contributed by atoms with E-state index < -0.39 is 30.3 Å². The molecule has 2 aromatic rings. The Hall–Kier alpha value is -3.47. The molecule has 41 heavy (non-hydrogen) atoms. The second-order valence-electron chi connectivity index (χ2n) is 9.97. The molecule has 0 radical (unpaired) electrons. The number of halogens is 3. The van der Waals surface area contributed by atoms with Crippen molar-refractivity contribution >= 4 is 12.1 Å². The minimum absolute atomic E-state index is 0.120. The Morgan fingerprint density at radius 3 is 2.32 bits per heavy atom. The largest absolute Gasteiger partial charge is 0.573 e. The van der Waals surface area contributed by atoms with Gasteiger partial charge in [-0.2, -0.15) is 0 Å². The molecule has 1 fully saturated rings. The molecule has 2 aromatic carbocycles. The number of ether oxygens (including phenoxy) is 4. The molecule has 1 aliphatic rings. The van der Waals surface area contributed by atoms with Crippen LogP contribution in [0.2, 0.25) is 0 Å². The van der Waals surface area contributed by atoms with Gasteiger partial charge in [-0.15, -0.1) is 13.2 Å². The molecule has 1 atom stereocenters. The lowest BCUT2D eigenvalue weighted by Gasteiger charge is -2.25. The molecule has 0 bridgehead atoms. The highest BCUT2D eigenvalue weighted by molar-refractivity contribution is 5.73. The Morgan fingerprint density at radius 1 is 1.00 bits per heavy atom. The average Bonchev–Trinajstić information content (AvgIpc) is 2.93. The maximum Gasteiger partial charge on any atom is 0.573 e. The summed E-state index contributed by atoms with van der Waals surface area (Å²) in [7, 11) is 0. The molecule has 1 aliphatic carbocycles. The monoisotopic (exact) mass is 581 g/mol. The highest BCUT2D eigenvalue weighted by Gasteiger charge is 2.33. The summed E-state index contributed by atoms with van der Waals surface area (Å²) in [5.74, 6) is -0.816. The summed E-state index contributed by atoms with van der Waals surface area (Å²) in [5, 5.41) is 9.28. The Kier molecular flexibility index (Phi) is 12.6. The van der Waals surface area contributed by atoms with E-state index >= 15 is 0 Å². The Bertz CT molecular complexity index is 1090. The van der Waals surface area contributed by atoms with Crippen molar-refractivity contribution in [3.05, 3.63) is 54.1 Å². The molecular weight excluding hydrogens is 543 g/mol. The van der Waals surface area contributed by atoms with Gasteiger partial charge < -0.3 is 29.0 Å². The molecule has 0 spiro atoms. The Morgan fingerprint density at radius 2 is 1.68 bits per heavy atom. The van der Waals surface area contributed by atoms with Crippen LogP contribution in [0.15, 0.2) is 48.5 Å². The first kappa shape index (κ1) is 32.0. The molecule has 1 N–H and O–H groups in total. The van der Waals surface area contributed by atoms with Crippen molar-refractivity contribution in [3.63, 3.8) is 0 Å². The van der Waals surface area contributed by atoms with E-state index in [2.05, 4.69) is 4.74 Å². The van der Waals surface area contributed by atoms with Crippen molar-refractivity contribution in [3.8, 4) is 17.2 Å². The van der Waals surface area contributed by atoms with Gasteiger partial charge in [0.1, 0.15) is 12.4 Å². The van der Waals surface area contributed by atoms with Gasteiger partial charge in [0, 0.05) is 19.6 Å². The van der Waals surface area contributed by atoms with Crippen molar-refractivity contribution in [2.24, 2.45) is 5.92 Å². The highest BCUT2D eigenvalue weighted by atomic mass is 19.4. The number of nitrogens with zero attached hydrogens (tertiary/aromatic N) is 1. The number of aliphatic carboxylic acids is 1. The lowest BCUT2D eigenvalue weighted by atomic mass is 9.86. The molecule has 8 nitrogen and oxygen atoms in total. The third-order valence-electron chi connectivity index (χ3n) is 6.91. The molecule has 0 saturated heterocycles. The number of hydrogen-bond donors (Lipinski definition) is 1. The Balaban J connectivity index is 1.60. The van der Waals surface area contributed by atoms with E-state index in [-0.39, 0.29) is 25.3 Å². The fourth-order valence-electron chi connectivity index (χ4n) is 4.87. The van der Waals surface area contributed by atoms with E-state index in [1.807, 2.05) is 0 Å². The fraction of sp³-hybridized carbons (Fsp3) is 0.533.